The summed E-state index contributed by atoms with van der Waals surface area (Å²) in [7, 11) is 0. The number of thiophene rings is 1. The standard InChI is InChI=1S/C14H12BrN3O2S/c15-11-4-8(6-21-11)14(16)7-1-2-9-10(3-7)18-13(20)5-12(19)17-9/h1-4,6,14H,5,16H2,(H,17,19)(H,18,20). The zero-order chi connectivity index (χ0) is 15.0. The second kappa shape index (κ2) is 5.59. The smallest absolute Gasteiger partial charge is 0.233 e. The van der Waals surface area contributed by atoms with E-state index in [0.717, 1.165) is 14.9 Å². The van der Waals surface area contributed by atoms with Gasteiger partial charge in [0, 0.05) is 0 Å². The Kier molecular flexibility index (Phi) is 3.79. The molecule has 0 saturated heterocycles. The molecule has 3 rings (SSSR count). The highest BCUT2D eigenvalue weighted by Crippen LogP contribution is 2.32. The minimum Gasteiger partial charge on any atom is -0.324 e. The van der Waals surface area contributed by atoms with Gasteiger partial charge in [-0.1, -0.05) is 6.07 Å². The Labute approximate surface area is 133 Å². The Morgan fingerprint density at radius 1 is 1.10 bits per heavy atom. The zero-order valence-corrected chi connectivity index (χ0v) is 13.3. The normalized spacial score (nSPS) is 15.7. The maximum Gasteiger partial charge on any atom is 0.233 e. The van der Waals surface area contributed by atoms with Crippen LogP contribution in [0.3, 0.4) is 0 Å². The van der Waals surface area contributed by atoms with Crippen molar-refractivity contribution >= 4 is 50.5 Å². The van der Waals surface area contributed by atoms with Crippen LogP contribution in [0, 0.1) is 0 Å². The summed E-state index contributed by atoms with van der Waals surface area (Å²) < 4.78 is 1.02. The monoisotopic (exact) mass is 365 g/mol. The van der Waals surface area contributed by atoms with E-state index in [1.807, 2.05) is 17.5 Å². The van der Waals surface area contributed by atoms with Crippen molar-refractivity contribution < 1.29 is 9.59 Å². The fraction of sp³-hybridized carbons (Fsp3) is 0.143. The fourth-order valence-electron chi connectivity index (χ4n) is 2.18. The van der Waals surface area contributed by atoms with Gasteiger partial charge >= 0.3 is 0 Å². The van der Waals surface area contributed by atoms with Crippen LogP contribution in [0.1, 0.15) is 23.6 Å². The molecule has 1 aromatic carbocycles. The van der Waals surface area contributed by atoms with Crippen LogP contribution < -0.4 is 16.4 Å². The third-order valence-electron chi connectivity index (χ3n) is 3.22. The quantitative estimate of drug-likeness (QED) is 0.715. The number of nitrogens with two attached hydrogens (primary N) is 1. The van der Waals surface area contributed by atoms with Crippen molar-refractivity contribution in [2.45, 2.75) is 12.5 Å². The number of benzene rings is 1. The molecule has 5 nitrogen and oxygen atoms in total. The minimum absolute atomic E-state index is 0.173. The van der Waals surface area contributed by atoms with E-state index in [4.69, 9.17) is 5.73 Å². The number of fused-ring (bicyclic) bond motifs is 1. The SMILES string of the molecule is NC(c1csc(Br)c1)c1ccc2c(c1)NC(=O)CC(=O)N2. The molecular formula is C14H12BrN3O2S. The van der Waals surface area contributed by atoms with E-state index in [2.05, 4.69) is 26.6 Å². The lowest BCUT2D eigenvalue weighted by Gasteiger charge is -2.14. The number of rotatable bonds is 2. The molecule has 108 valence electrons. The van der Waals surface area contributed by atoms with Gasteiger partial charge in [0.25, 0.3) is 0 Å². The lowest BCUT2D eigenvalue weighted by Crippen LogP contribution is -2.16. The Morgan fingerprint density at radius 3 is 2.48 bits per heavy atom. The number of anilines is 2. The summed E-state index contributed by atoms with van der Waals surface area (Å²) in [6.07, 6.45) is -0.173. The zero-order valence-electron chi connectivity index (χ0n) is 10.9. The second-order valence-corrected chi connectivity index (χ2v) is 7.03. The summed E-state index contributed by atoms with van der Waals surface area (Å²) in [5.74, 6) is -0.639. The van der Waals surface area contributed by atoms with Gasteiger partial charge in [-0.15, -0.1) is 11.3 Å². The van der Waals surface area contributed by atoms with Gasteiger partial charge in [0.1, 0.15) is 6.42 Å². The van der Waals surface area contributed by atoms with Crippen molar-refractivity contribution in [1.29, 1.82) is 0 Å². The molecule has 1 unspecified atom stereocenters. The van der Waals surface area contributed by atoms with Crippen molar-refractivity contribution in [3.8, 4) is 0 Å². The van der Waals surface area contributed by atoms with Gasteiger partial charge < -0.3 is 16.4 Å². The summed E-state index contributed by atoms with van der Waals surface area (Å²) in [5.41, 5.74) is 9.28. The molecular weight excluding hydrogens is 354 g/mol. The molecule has 2 aromatic rings. The first kappa shape index (κ1) is 14.2. The predicted molar refractivity (Wildman–Crippen MR) is 86.4 cm³/mol. The molecule has 2 heterocycles. The summed E-state index contributed by atoms with van der Waals surface area (Å²) in [4.78, 5) is 23.1. The lowest BCUT2D eigenvalue weighted by molar-refractivity contribution is -0.123. The van der Waals surface area contributed by atoms with Gasteiger partial charge in [-0.2, -0.15) is 0 Å². The van der Waals surface area contributed by atoms with Crippen molar-refractivity contribution in [3.63, 3.8) is 0 Å². The molecule has 0 saturated carbocycles. The Hall–Kier alpha value is -1.70. The van der Waals surface area contributed by atoms with Crippen LogP contribution in [0.25, 0.3) is 0 Å². The second-order valence-electron chi connectivity index (χ2n) is 4.74. The van der Waals surface area contributed by atoms with Crippen LogP contribution >= 0.6 is 27.3 Å². The van der Waals surface area contributed by atoms with E-state index in [-0.39, 0.29) is 24.3 Å². The van der Waals surface area contributed by atoms with E-state index in [0.29, 0.717) is 11.4 Å². The van der Waals surface area contributed by atoms with Crippen LogP contribution in [-0.4, -0.2) is 11.8 Å². The Morgan fingerprint density at radius 2 is 1.81 bits per heavy atom. The van der Waals surface area contributed by atoms with Crippen LogP contribution in [0.5, 0.6) is 0 Å². The fourth-order valence-corrected chi connectivity index (χ4v) is 3.39. The van der Waals surface area contributed by atoms with Gasteiger partial charge in [-0.05, 0) is 50.6 Å². The average Bonchev–Trinajstić information content (AvgIpc) is 2.79. The molecule has 7 heteroatoms. The molecule has 0 aliphatic carbocycles. The summed E-state index contributed by atoms with van der Waals surface area (Å²) in [6, 6.07) is 7.10. The lowest BCUT2D eigenvalue weighted by atomic mass is 10.0. The van der Waals surface area contributed by atoms with E-state index in [1.54, 1.807) is 23.5 Å². The molecule has 1 aliphatic heterocycles. The van der Waals surface area contributed by atoms with Crippen molar-refractivity contribution in [2.75, 3.05) is 10.6 Å². The number of carbonyl (C=O) groups excluding carboxylic acids is 2. The first-order valence-corrected chi connectivity index (χ1v) is 7.93. The Bertz CT molecular complexity index is 729. The van der Waals surface area contributed by atoms with E-state index >= 15 is 0 Å². The minimum atomic E-state index is -0.324. The molecule has 21 heavy (non-hydrogen) atoms. The molecule has 0 radical (unpaired) electrons. The van der Waals surface area contributed by atoms with E-state index < -0.39 is 0 Å². The molecule has 0 fully saturated rings. The molecule has 0 bridgehead atoms. The molecule has 1 aliphatic rings. The van der Waals surface area contributed by atoms with E-state index in [9.17, 15) is 9.59 Å². The first-order valence-electron chi connectivity index (χ1n) is 6.26. The number of amides is 2. The van der Waals surface area contributed by atoms with E-state index in [1.165, 1.54) is 0 Å². The first-order chi connectivity index (χ1) is 10.0. The van der Waals surface area contributed by atoms with Crippen molar-refractivity contribution in [3.05, 3.63) is 44.6 Å². The maximum absolute atomic E-state index is 11.6. The summed E-state index contributed by atoms with van der Waals surface area (Å²) in [5, 5.41) is 7.40. The van der Waals surface area contributed by atoms with Crippen LogP contribution in [0.15, 0.2) is 33.4 Å². The highest BCUT2D eigenvalue weighted by Gasteiger charge is 2.20. The molecule has 2 amide bonds. The molecule has 0 spiro atoms. The molecule has 1 atom stereocenters. The van der Waals surface area contributed by atoms with Crippen LogP contribution in [0.2, 0.25) is 0 Å². The average molecular weight is 366 g/mol. The van der Waals surface area contributed by atoms with Crippen molar-refractivity contribution in [2.24, 2.45) is 5.73 Å². The topological polar surface area (TPSA) is 84.2 Å². The van der Waals surface area contributed by atoms with Crippen LogP contribution in [0.4, 0.5) is 11.4 Å². The highest BCUT2D eigenvalue weighted by molar-refractivity contribution is 9.11. The highest BCUT2D eigenvalue weighted by atomic mass is 79.9. The maximum atomic E-state index is 11.6. The van der Waals surface area contributed by atoms with Gasteiger partial charge in [0.15, 0.2) is 0 Å². The predicted octanol–water partition coefficient (Wildman–Crippen LogP) is 2.84. The molecule has 1 aromatic heterocycles. The van der Waals surface area contributed by atoms with Gasteiger partial charge in [-0.25, -0.2) is 0 Å². The number of nitrogens with one attached hydrogen (secondary N) is 2. The van der Waals surface area contributed by atoms with Crippen molar-refractivity contribution in [1.82, 2.24) is 0 Å². The van der Waals surface area contributed by atoms with Gasteiger partial charge in [0.05, 0.1) is 21.2 Å². The third kappa shape index (κ3) is 2.99. The van der Waals surface area contributed by atoms with Gasteiger partial charge in [0.2, 0.25) is 11.8 Å². The number of carbonyl (C=O) groups is 2. The molecule has 4 N–H and O–H groups in total. The Balaban J connectivity index is 1.95. The summed E-state index contributed by atoms with van der Waals surface area (Å²) in [6.45, 7) is 0. The third-order valence-corrected chi connectivity index (χ3v) is 4.74. The van der Waals surface area contributed by atoms with Crippen LogP contribution in [-0.2, 0) is 9.59 Å². The largest absolute Gasteiger partial charge is 0.324 e. The number of hydrogen-bond donors (Lipinski definition) is 3. The number of halogens is 1. The number of hydrogen-bond acceptors (Lipinski definition) is 4. The van der Waals surface area contributed by atoms with Gasteiger partial charge in [-0.3, -0.25) is 9.59 Å². The summed E-state index contributed by atoms with van der Waals surface area (Å²) >= 11 is 4.99.